The molecule has 17 heavy (non-hydrogen) atoms. The number of benzene rings is 1. The van der Waals surface area contributed by atoms with E-state index < -0.39 is 20.7 Å². The highest BCUT2D eigenvalue weighted by atomic mass is 32.2. The summed E-state index contributed by atoms with van der Waals surface area (Å²) in [5, 5.41) is 0. The van der Waals surface area contributed by atoms with E-state index in [0.29, 0.717) is 0 Å². The number of nitrogens with two attached hydrogens (primary N) is 1. The number of rotatable bonds is 5. The molecule has 0 spiro atoms. The predicted octanol–water partition coefficient (Wildman–Crippen LogP) is 1.73. The van der Waals surface area contributed by atoms with E-state index in [0.717, 1.165) is 18.6 Å². The third kappa shape index (κ3) is 3.67. The van der Waals surface area contributed by atoms with Gasteiger partial charge in [0.25, 0.3) is 0 Å². The van der Waals surface area contributed by atoms with Gasteiger partial charge in [-0.3, -0.25) is 0 Å². The van der Waals surface area contributed by atoms with E-state index in [-0.39, 0.29) is 18.2 Å². The lowest BCUT2D eigenvalue weighted by Gasteiger charge is -2.11. The largest absolute Gasteiger partial charge is 0.399 e. The molecule has 0 aliphatic carbocycles. The number of sulfonamides is 1. The zero-order valence-corrected chi connectivity index (χ0v) is 10.7. The molecule has 0 fully saturated rings. The second-order valence-electron chi connectivity index (χ2n) is 4.06. The lowest BCUT2D eigenvalue weighted by Crippen LogP contribution is -2.29. The topological polar surface area (TPSA) is 72.2 Å². The molecule has 0 saturated heterocycles. The fraction of sp³-hybridized carbons (Fsp3) is 0.455. The van der Waals surface area contributed by atoms with Crippen molar-refractivity contribution in [3.63, 3.8) is 0 Å². The van der Waals surface area contributed by atoms with Crippen LogP contribution >= 0.6 is 0 Å². The van der Waals surface area contributed by atoms with Gasteiger partial charge in [0, 0.05) is 12.2 Å². The molecule has 4 nitrogen and oxygen atoms in total. The lowest BCUT2D eigenvalue weighted by atomic mass is 10.1. The number of nitrogen functional groups attached to an aromatic ring is 1. The maximum Gasteiger partial charge on any atom is 0.243 e. The predicted molar refractivity (Wildman–Crippen MR) is 65.5 cm³/mol. The molecule has 1 aromatic carbocycles. The molecule has 0 heterocycles. The number of halogens is 1. The Labute approximate surface area is 101 Å². The van der Waals surface area contributed by atoms with Crippen LogP contribution in [0.4, 0.5) is 10.1 Å². The van der Waals surface area contributed by atoms with Gasteiger partial charge in [-0.2, -0.15) is 0 Å². The van der Waals surface area contributed by atoms with Crippen molar-refractivity contribution < 1.29 is 12.8 Å². The zero-order valence-electron chi connectivity index (χ0n) is 9.90. The van der Waals surface area contributed by atoms with E-state index in [9.17, 15) is 12.8 Å². The van der Waals surface area contributed by atoms with Crippen LogP contribution in [0.1, 0.15) is 20.3 Å². The molecule has 0 aromatic heterocycles. The molecule has 0 saturated carbocycles. The van der Waals surface area contributed by atoms with Crippen molar-refractivity contribution in [2.45, 2.75) is 25.2 Å². The molecule has 3 N–H and O–H groups in total. The van der Waals surface area contributed by atoms with Crippen molar-refractivity contribution >= 4 is 15.7 Å². The third-order valence-corrected chi connectivity index (χ3v) is 4.00. The van der Waals surface area contributed by atoms with Gasteiger partial charge >= 0.3 is 0 Å². The highest BCUT2D eigenvalue weighted by Crippen LogP contribution is 2.17. The van der Waals surface area contributed by atoms with Crippen molar-refractivity contribution in [1.29, 1.82) is 0 Å². The average Bonchev–Trinajstić information content (AvgIpc) is 2.29. The third-order valence-electron chi connectivity index (χ3n) is 2.56. The van der Waals surface area contributed by atoms with Crippen molar-refractivity contribution in [1.82, 2.24) is 4.72 Å². The quantitative estimate of drug-likeness (QED) is 0.792. The summed E-state index contributed by atoms with van der Waals surface area (Å²) in [5.41, 5.74) is 5.67. The van der Waals surface area contributed by atoms with E-state index in [1.54, 1.807) is 0 Å². The average molecular weight is 260 g/mol. The summed E-state index contributed by atoms with van der Waals surface area (Å²) in [6.45, 7) is 4.16. The Morgan fingerprint density at radius 3 is 2.71 bits per heavy atom. The summed E-state index contributed by atoms with van der Waals surface area (Å²) in [6.07, 6.45) is 0.849. The molecule has 0 bridgehead atoms. The fourth-order valence-electron chi connectivity index (χ4n) is 1.20. The van der Waals surface area contributed by atoms with Crippen LogP contribution in [0.3, 0.4) is 0 Å². The molecule has 1 rings (SSSR count). The molecule has 0 radical (unpaired) electrons. The van der Waals surface area contributed by atoms with Gasteiger partial charge in [0.15, 0.2) is 0 Å². The molecule has 0 amide bonds. The maximum atomic E-state index is 13.4. The van der Waals surface area contributed by atoms with Gasteiger partial charge in [-0.05, 0) is 24.1 Å². The van der Waals surface area contributed by atoms with Crippen molar-refractivity contribution in [3.8, 4) is 0 Å². The fourth-order valence-corrected chi connectivity index (χ4v) is 2.48. The Morgan fingerprint density at radius 1 is 1.47 bits per heavy atom. The zero-order chi connectivity index (χ0) is 13.1. The Morgan fingerprint density at radius 2 is 2.12 bits per heavy atom. The minimum Gasteiger partial charge on any atom is -0.399 e. The van der Waals surface area contributed by atoms with Crippen LogP contribution in [-0.2, 0) is 10.0 Å². The first-order valence-electron chi connectivity index (χ1n) is 5.41. The van der Waals surface area contributed by atoms with Crippen LogP contribution in [0.25, 0.3) is 0 Å². The first kappa shape index (κ1) is 13.9. The number of hydrogen-bond donors (Lipinski definition) is 2. The monoisotopic (exact) mass is 260 g/mol. The van der Waals surface area contributed by atoms with Gasteiger partial charge in [0.1, 0.15) is 10.7 Å². The summed E-state index contributed by atoms with van der Waals surface area (Å²) in [4.78, 5) is -0.402. The second kappa shape index (κ2) is 5.46. The Kier molecular flexibility index (Phi) is 4.47. The van der Waals surface area contributed by atoms with Gasteiger partial charge in [0.05, 0.1) is 0 Å². The highest BCUT2D eigenvalue weighted by molar-refractivity contribution is 7.89. The van der Waals surface area contributed by atoms with Crippen LogP contribution in [0.5, 0.6) is 0 Å². The first-order valence-corrected chi connectivity index (χ1v) is 6.89. The van der Waals surface area contributed by atoms with E-state index in [2.05, 4.69) is 4.72 Å². The van der Waals surface area contributed by atoms with Gasteiger partial charge in [-0.1, -0.05) is 20.3 Å². The molecule has 6 heteroatoms. The van der Waals surface area contributed by atoms with E-state index in [4.69, 9.17) is 5.73 Å². The number of nitrogens with one attached hydrogen (secondary N) is 1. The van der Waals surface area contributed by atoms with Crippen LogP contribution in [-0.4, -0.2) is 15.0 Å². The molecular weight excluding hydrogens is 243 g/mol. The Bertz CT molecular complexity index is 488. The van der Waals surface area contributed by atoms with Crippen LogP contribution < -0.4 is 10.5 Å². The molecule has 1 aromatic rings. The lowest BCUT2D eigenvalue weighted by molar-refractivity contribution is 0.521. The van der Waals surface area contributed by atoms with Crippen LogP contribution in [0.15, 0.2) is 23.1 Å². The number of hydrogen-bond acceptors (Lipinski definition) is 3. The normalized spacial score (nSPS) is 13.6. The highest BCUT2D eigenvalue weighted by Gasteiger charge is 2.19. The molecule has 96 valence electrons. The Hall–Kier alpha value is -1.14. The summed E-state index contributed by atoms with van der Waals surface area (Å²) < 4.78 is 39.4. The molecule has 0 aliphatic rings. The molecule has 1 atom stereocenters. The SMILES string of the molecule is CCC(C)CNS(=O)(=O)c1cc(N)ccc1F. The van der Waals surface area contributed by atoms with Crippen molar-refractivity contribution in [2.75, 3.05) is 12.3 Å². The summed E-state index contributed by atoms with van der Waals surface area (Å²) in [5.74, 6) is -0.593. The molecule has 1 unspecified atom stereocenters. The standard InChI is InChI=1S/C11H17FN2O2S/c1-3-8(2)7-14-17(15,16)11-6-9(13)4-5-10(11)12/h4-6,8,14H,3,7,13H2,1-2H3. The van der Waals surface area contributed by atoms with Crippen molar-refractivity contribution in [3.05, 3.63) is 24.0 Å². The van der Waals surface area contributed by atoms with E-state index in [1.807, 2.05) is 13.8 Å². The minimum atomic E-state index is -3.82. The van der Waals surface area contributed by atoms with Gasteiger partial charge in [0.2, 0.25) is 10.0 Å². The van der Waals surface area contributed by atoms with Crippen LogP contribution in [0.2, 0.25) is 0 Å². The first-order chi connectivity index (χ1) is 7.86. The Balaban J connectivity index is 2.93. The van der Waals surface area contributed by atoms with Gasteiger partial charge in [-0.15, -0.1) is 0 Å². The van der Waals surface area contributed by atoms with E-state index in [1.165, 1.54) is 6.07 Å². The smallest absolute Gasteiger partial charge is 0.243 e. The minimum absolute atomic E-state index is 0.203. The molecule has 0 aliphatic heterocycles. The summed E-state index contributed by atoms with van der Waals surface area (Å²) >= 11 is 0. The number of anilines is 1. The summed E-state index contributed by atoms with van der Waals surface area (Å²) in [7, 11) is -3.82. The van der Waals surface area contributed by atoms with Crippen LogP contribution in [0, 0.1) is 11.7 Å². The summed E-state index contributed by atoms with van der Waals surface area (Å²) in [6, 6.07) is 3.49. The van der Waals surface area contributed by atoms with E-state index >= 15 is 0 Å². The van der Waals surface area contributed by atoms with Gasteiger partial charge < -0.3 is 5.73 Å². The molecular formula is C11H17FN2O2S. The van der Waals surface area contributed by atoms with Crippen molar-refractivity contribution in [2.24, 2.45) is 5.92 Å². The van der Waals surface area contributed by atoms with Gasteiger partial charge in [-0.25, -0.2) is 17.5 Å². The maximum absolute atomic E-state index is 13.4. The second-order valence-corrected chi connectivity index (χ2v) is 5.79.